The summed E-state index contributed by atoms with van der Waals surface area (Å²) in [6, 6.07) is 8.48. The maximum atomic E-state index is 10.5. The highest BCUT2D eigenvalue weighted by Crippen LogP contribution is 2.05. The van der Waals surface area contributed by atoms with Crippen LogP contribution in [-0.2, 0) is 12.8 Å². The summed E-state index contributed by atoms with van der Waals surface area (Å²) in [4.78, 5) is 10.4. The van der Waals surface area contributed by atoms with Crippen LogP contribution in [0.3, 0.4) is 0 Å². The maximum absolute atomic E-state index is 10.5. The second kappa shape index (κ2) is 5.81. The predicted molar refractivity (Wildman–Crippen MR) is 61.8 cm³/mol. The molecule has 0 atom stereocenters. The molecule has 1 aromatic rings. The van der Waals surface area contributed by atoms with Crippen LogP contribution in [0.4, 0.5) is 4.79 Å². The van der Waals surface area contributed by atoms with Crippen LogP contribution in [-0.4, -0.2) is 11.4 Å². The minimum atomic E-state index is -0.150. The van der Waals surface area contributed by atoms with E-state index in [4.69, 9.17) is 0 Å². The first-order valence-electron chi connectivity index (χ1n) is 4.73. The number of aryl methyl sites for hydroxylation is 1. The van der Waals surface area contributed by atoms with E-state index in [-0.39, 0.29) is 4.82 Å². The third-order valence-electron chi connectivity index (χ3n) is 2.11. The Morgan fingerprint density at radius 1 is 1.29 bits per heavy atom. The van der Waals surface area contributed by atoms with E-state index in [1.165, 1.54) is 11.1 Å². The van der Waals surface area contributed by atoms with Crippen molar-refractivity contribution in [3.8, 4) is 0 Å². The van der Waals surface area contributed by atoms with Crippen molar-refractivity contribution in [3.05, 3.63) is 35.4 Å². The fourth-order valence-electron chi connectivity index (χ4n) is 1.25. The van der Waals surface area contributed by atoms with Crippen molar-refractivity contribution in [3.63, 3.8) is 0 Å². The zero-order chi connectivity index (χ0) is 10.4. The van der Waals surface area contributed by atoms with Crippen molar-refractivity contribution in [2.75, 3.05) is 6.54 Å². The van der Waals surface area contributed by atoms with Crippen LogP contribution in [0, 0.1) is 0 Å². The van der Waals surface area contributed by atoms with Gasteiger partial charge in [-0.15, -0.1) is 0 Å². The van der Waals surface area contributed by atoms with Crippen LogP contribution >= 0.6 is 15.9 Å². The molecule has 0 heterocycles. The smallest absolute Gasteiger partial charge is 0.287 e. The van der Waals surface area contributed by atoms with Crippen LogP contribution in [0.15, 0.2) is 24.3 Å². The Kier molecular flexibility index (Phi) is 4.66. The summed E-state index contributed by atoms with van der Waals surface area (Å²) >= 11 is 2.82. The lowest BCUT2D eigenvalue weighted by Gasteiger charge is -2.02. The van der Waals surface area contributed by atoms with Gasteiger partial charge in [0, 0.05) is 22.5 Å². The molecule has 0 saturated carbocycles. The Hall–Kier alpha value is -0.830. The summed E-state index contributed by atoms with van der Waals surface area (Å²) in [5, 5.41) is 2.70. The SMILES string of the molecule is CCc1ccc(CCNC(=O)Br)cc1. The van der Waals surface area contributed by atoms with Crippen molar-refractivity contribution in [2.24, 2.45) is 0 Å². The number of rotatable bonds is 4. The largest absolute Gasteiger partial charge is 0.346 e. The van der Waals surface area contributed by atoms with Crippen LogP contribution in [0.25, 0.3) is 0 Å². The van der Waals surface area contributed by atoms with E-state index in [0.29, 0.717) is 6.54 Å². The van der Waals surface area contributed by atoms with Gasteiger partial charge in [0.2, 0.25) is 0 Å². The van der Waals surface area contributed by atoms with Crippen molar-refractivity contribution < 1.29 is 4.79 Å². The Labute approximate surface area is 92.8 Å². The number of hydrogen-bond acceptors (Lipinski definition) is 1. The van der Waals surface area contributed by atoms with Gasteiger partial charge in [-0.1, -0.05) is 31.2 Å². The fourth-order valence-corrected chi connectivity index (χ4v) is 1.44. The Balaban J connectivity index is 2.40. The van der Waals surface area contributed by atoms with E-state index >= 15 is 0 Å². The Morgan fingerprint density at radius 3 is 2.36 bits per heavy atom. The van der Waals surface area contributed by atoms with Gasteiger partial charge in [-0.25, -0.2) is 0 Å². The molecule has 14 heavy (non-hydrogen) atoms. The molecule has 1 aromatic carbocycles. The van der Waals surface area contributed by atoms with Crippen molar-refractivity contribution >= 4 is 20.7 Å². The van der Waals surface area contributed by atoms with E-state index in [1.807, 2.05) is 0 Å². The molecule has 1 amide bonds. The maximum Gasteiger partial charge on any atom is 0.287 e. The first-order valence-corrected chi connectivity index (χ1v) is 5.53. The Morgan fingerprint density at radius 2 is 1.86 bits per heavy atom. The third kappa shape index (κ3) is 3.92. The van der Waals surface area contributed by atoms with Gasteiger partial charge >= 0.3 is 0 Å². The summed E-state index contributed by atoms with van der Waals surface area (Å²) in [6.45, 7) is 2.82. The van der Waals surface area contributed by atoms with E-state index in [1.54, 1.807) is 0 Å². The van der Waals surface area contributed by atoms with Crippen molar-refractivity contribution in [1.82, 2.24) is 5.32 Å². The molecule has 1 rings (SSSR count). The monoisotopic (exact) mass is 255 g/mol. The molecule has 3 heteroatoms. The van der Waals surface area contributed by atoms with Crippen LogP contribution in [0.1, 0.15) is 18.1 Å². The minimum Gasteiger partial charge on any atom is -0.346 e. The molecule has 0 spiro atoms. The molecule has 0 saturated heterocycles. The second-order valence-electron chi connectivity index (χ2n) is 3.12. The average Bonchev–Trinajstić information content (AvgIpc) is 2.18. The van der Waals surface area contributed by atoms with Crippen LogP contribution < -0.4 is 5.32 Å². The number of nitrogens with one attached hydrogen (secondary N) is 1. The first-order chi connectivity index (χ1) is 6.72. The van der Waals surface area contributed by atoms with Gasteiger partial charge in [0.25, 0.3) is 4.82 Å². The lowest BCUT2D eigenvalue weighted by Crippen LogP contribution is -2.18. The van der Waals surface area contributed by atoms with E-state index in [9.17, 15) is 4.79 Å². The zero-order valence-corrected chi connectivity index (χ0v) is 9.80. The second-order valence-corrected chi connectivity index (χ2v) is 3.84. The predicted octanol–water partition coefficient (Wildman–Crippen LogP) is 2.90. The molecule has 0 aromatic heterocycles. The summed E-state index contributed by atoms with van der Waals surface area (Å²) < 4.78 is 0. The topological polar surface area (TPSA) is 29.1 Å². The number of hydrogen-bond donors (Lipinski definition) is 1. The third-order valence-corrected chi connectivity index (χ3v) is 2.39. The highest BCUT2D eigenvalue weighted by Gasteiger charge is 1.95. The number of halogens is 1. The lowest BCUT2D eigenvalue weighted by atomic mass is 10.1. The summed E-state index contributed by atoms with van der Waals surface area (Å²) in [5.74, 6) is 0. The summed E-state index contributed by atoms with van der Waals surface area (Å²) in [5.41, 5.74) is 2.60. The Bertz CT molecular complexity index is 295. The van der Waals surface area contributed by atoms with E-state index in [0.717, 1.165) is 12.8 Å². The molecule has 0 aliphatic carbocycles. The van der Waals surface area contributed by atoms with Crippen LogP contribution in [0.5, 0.6) is 0 Å². The number of amides is 1. The normalized spacial score (nSPS) is 9.86. The zero-order valence-electron chi connectivity index (χ0n) is 8.22. The molecule has 2 nitrogen and oxygen atoms in total. The first kappa shape index (κ1) is 11.2. The highest BCUT2D eigenvalue weighted by atomic mass is 79.9. The van der Waals surface area contributed by atoms with Gasteiger partial charge in [0.15, 0.2) is 0 Å². The molecule has 0 bridgehead atoms. The van der Waals surface area contributed by atoms with Crippen molar-refractivity contribution in [1.29, 1.82) is 0 Å². The summed E-state index contributed by atoms with van der Waals surface area (Å²) in [7, 11) is 0. The fraction of sp³-hybridized carbons (Fsp3) is 0.364. The molecule has 0 unspecified atom stereocenters. The van der Waals surface area contributed by atoms with E-state index < -0.39 is 0 Å². The number of carbonyl (C=O) groups excluding carboxylic acids is 1. The molecule has 76 valence electrons. The molecule has 0 aliphatic rings. The van der Waals surface area contributed by atoms with Gasteiger partial charge < -0.3 is 5.32 Å². The average molecular weight is 256 g/mol. The minimum absolute atomic E-state index is 0.150. The quantitative estimate of drug-likeness (QED) is 0.651. The molecule has 0 radical (unpaired) electrons. The highest BCUT2D eigenvalue weighted by molar-refractivity contribution is 9.18. The van der Waals surface area contributed by atoms with Gasteiger partial charge in [-0.2, -0.15) is 0 Å². The van der Waals surface area contributed by atoms with Gasteiger partial charge in [0.1, 0.15) is 0 Å². The number of benzene rings is 1. The van der Waals surface area contributed by atoms with Crippen molar-refractivity contribution in [2.45, 2.75) is 19.8 Å². The molecule has 1 N–H and O–H groups in total. The molecule has 0 fully saturated rings. The van der Waals surface area contributed by atoms with E-state index in [2.05, 4.69) is 52.4 Å². The van der Waals surface area contributed by atoms with Gasteiger partial charge in [0.05, 0.1) is 0 Å². The summed E-state index contributed by atoms with van der Waals surface area (Å²) in [6.07, 6.45) is 1.94. The van der Waals surface area contributed by atoms with Crippen LogP contribution in [0.2, 0.25) is 0 Å². The van der Waals surface area contributed by atoms with Gasteiger partial charge in [-0.3, -0.25) is 4.79 Å². The molecular weight excluding hydrogens is 242 g/mol. The molecule has 0 aliphatic heterocycles. The standard InChI is InChI=1S/C11H14BrNO/c1-2-9-3-5-10(6-4-9)7-8-13-11(12)14/h3-6H,2,7-8H2,1H3,(H,13,14). The molecular formula is C11H14BrNO. The van der Waals surface area contributed by atoms with Gasteiger partial charge in [-0.05, 0) is 24.0 Å². The number of carbonyl (C=O) groups is 1. The lowest BCUT2D eigenvalue weighted by molar-refractivity contribution is 0.262.